The van der Waals surface area contributed by atoms with Crippen molar-refractivity contribution in [1.29, 1.82) is 0 Å². The molecule has 6 atom stereocenters. The van der Waals surface area contributed by atoms with Gasteiger partial charge in [-0.2, -0.15) is 0 Å². The minimum Gasteiger partial charge on any atom is -0.494 e. The lowest BCUT2D eigenvalue weighted by molar-refractivity contribution is -0.143. The molecule has 3 amide bonds. The number of hydrogen-bond donors (Lipinski definition) is 1. The van der Waals surface area contributed by atoms with E-state index >= 15 is 0 Å². The van der Waals surface area contributed by atoms with E-state index in [4.69, 9.17) is 21.1 Å². The molecule has 0 aromatic heterocycles. The van der Waals surface area contributed by atoms with Gasteiger partial charge in [-0.25, -0.2) is 0 Å². The normalized spacial score (nSPS) is 26.1. The van der Waals surface area contributed by atoms with E-state index in [0.717, 1.165) is 0 Å². The van der Waals surface area contributed by atoms with Gasteiger partial charge in [-0.15, -0.1) is 13.2 Å². The minimum atomic E-state index is -1.22. The van der Waals surface area contributed by atoms with Gasteiger partial charge in [-0.1, -0.05) is 23.8 Å². The number of carbonyl (C=O) groups excluding carboxylic acids is 3. The van der Waals surface area contributed by atoms with Crippen molar-refractivity contribution in [2.45, 2.75) is 50.5 Å². The molecule has 9 nitrogen and oxygen atoms in total. The molecule has 2 bridgehead atoms. The first-order valence-corrected chi connectivity index (χ1v) is 15.0. The minimum absolute atomic E-state index is 0.184. The summed E-state index contributed by atoms with van der Waals surface area (Å²) in [4.78, 5) is 47.8. The Morgan fingerprint density at radius 3 is 2.23 bits per heavy atom. The van der Waals surface area contributed by atoms with Crippen molar-refractivity contribution < 1.29 is 29.0 Å². The molecule has 1 spiro atoms. The van der Waals surface area contributed by atoms with Gasteiger partial charge in [0.1, 0.15) is 17.4 Å². The molecule has 0 radical (unpaired) electrons. The fourth-order valence-electron chi connectivity index (χ4n) is 6.96. The van der Waals surface area contributed by atoms with E-state index in [9.17, 15) is 19.5 Å². The maximum atomic E-state index is 14.5. The fraction of sp³-hybridized carbons (Fsp3) is 0.424. The highest BCUT2D eigenvalue weighted by molar-refractivity contribution is 6.30. The highest BCUT2D eigenvalue weighted by Crippen LogP contribution is 2.59. The topological polar surface area (TPSA) is 99.6 Å². The van der Waals surface area contributed by atoms with Gasteiger partial charge in [0.2, 0.25) is 11.8 Å². The first-order chi connectivity index (χ1) is 20.7. The summed E-state index contributed by atoms with van der Waals surface area (Å²) in [6, 6.07) is 12.3. The van der Waals surface area contributed by atoms with Crippen LogP contribution in [-0.2, 0) is 19.1 Å². The molecular weight excluding hydrogens is 570 g/mol. The lowest BCUT2D eigenvalue weighted by Gasteiger charge is -2.38. The molecule has 3 fully saturated rings. The van der Waals surface area contributed by atoms with Crippen molar-refractivity contribution >= 4 is 40.7 Å². The van der Waals surface area contributed by atoms with E-state index in [2.05, 4.69) is 13.2 Å². The zero-order chi connectivity index (χ0) is 30.9. The van der Waals surface area contributed by atoms with Gasteiger partial charge in [-0.05, 0) is 75.2 Å². The molecule has 3 aliphatic rings. The summed E-state index contributed by atoms with van der Waals surface area (Å²) >= 11 is 6.11. The van der Waals surface area contributed by atoms with Crippen LogP contribution in [0.1, 0.15) is 26.7 Å². The Hall–Kier alpha value is -3.66. The number of benzene rings is 2. The van der Waals surface area contributed by atoms with Gasteiger partial charge in [0, 0.05) is 29.5 Å². The van der Waals surface area contributed by atoms with Crippen molar-refractivity contribution in [3.8, 4) is 5.75 Å². The summed E-state index contributed by atoms with van der Waals surface area (Å²) in [7, 11) is 0. The Morgan fingerprint density at radius 1 is 1.09 bits per heavy atom. The summed E-state index contributed by atoms with van der Waals surface area (Å²) < 4.78 is 12.2. The number of halogens is 1. The first-order valence-electron chi connectivity index (χ1n) is 14.7. The van der Waals surface area contributed by atoms with Crippen LogP contribution in [0, 0.1) is 11.8 Å². The molecule has 228 valence electrons. The molecule has 0 aliphatic carbocycles. The van der Waals surface area contributed by atoms with Gasteiger partial charge in [0.05, 0.1) is 37.2 Å². The van der Waals surface area contributed by atoms with Crippen molar-refractivity contribution in [1.82, 2.24) is 4.90 Å². The quantitative estimate of drug-likeness (QED) is 0.363. The number of nitrogens with zero attached hydrogens (tertiary/aromatic N) is 3. The zero-order valence-electron chi connectivity index (χ0n) is 24.5. The van der Waals surface area contributed by atoms with Crippen LogP contribution in [0.4, 0.5) is 11.4 Å². The second-order valence-electron chi connectivity index (χ2n) is 11.2. The number of hydrogen-bond acceptors (Lipinski definition) is 6. The number of aliphatic hydroxyl groups is 1. The van der Waals surface area contributed by atoms with Gasteiger partial charge in [0.25, 0.3) is 5.91 Å². The van der Waals surface area contributed by atoms with Crippen LogP contribution in [0.3, 0.4) is 0 Å². The maximum absolute atomic E-state index is 14.5. The SMILES string of the molecule is C=CCN(C(=O)C1N([C@H](C)CO)C(=O)[C@@H]2[C@H](C(=O)N(CC=C)c3ccc(OCC)cc3)[C@@H]3CCC12O3)c1ccc(Cl)cc1. The second kappa shape index (κ2) is 12.5. The summed E-state index contributed by atoms with van der Waals surface area (Å²) in [5, 5.41) is 10.7. The van der Waals surface area contributed by atoms with E-state index in [-0.39, 0.29) is 37.4 Å². The van der Waals surface area contributed by atoms with Crippen molar-refractivity contribution in [2.24, 2.45) is 11.8 Å². The van der Waals surface area contributed by atoms with Crippen LogP contribution in [0.5, 0.6) is 5.75 Å². The predicted molar refractivity (Wildman–Crippen MR) is 165 cm³/mol. The number of rotatable bonds is 12. The average molecular weight is 608 g/mol. The molecule has 3 aliphatic heterocycles. The standard InChI is InChI=1S/C33H38ClN3O6/c1-5-18-35(24-12-14-25(15-13-24)42-7-3)30(39)27-26-16-17-33(43-26)28(27)31(40)37(21(4)20-38)29(33)32(41)36(19-6-2)23-10-8-22(34)9-11-23/h5-6,8-15,21,26-29,38H,1-2,7,16-20H2,3-4H3/t21-,26+,27-,28+,29?,33?/m1/s1. The number of likely N-dealkylation sites (tertiary alicyclic amines) is 1. The number of ether oxygens (including phenoxy) is 2. The van der Waals surface area contributed by atoms with Crippen LogP contribution in [-0.4, -0.2) is 77.8 Å². The molecule has 0 saturated carbocycles. The van der Waals surface area contributed by atoms with Crippen molar-refractivity contribution in [3.05, 3.63) is 78.9 Å². The lowest BCUT2D eigenvalue weighted by atomic mass is 9.70. The van der Waals surface area contributed by atoms with E-state index < -0.39 is 35.6 Å². The van der Waals surface area contributed by atoms with Gasteiger partial charge < -0.3 is 29.3 Å². The molecule has 3 heterocycles. The molecule has 5 rings (SSSR count). The first kappa shape index (κ1) is 30.8. The van der Waals surface area contributed by atoms with Gasteiger partial charge >= 0.3 is 0 Å². The Balaban J connectivity index is 1.54. The molecule has 2 aromatic carbocycles. The largest absolute Gasteiger partial charge is 0.494 e. The Bertz CT molecular complexity index is 1380. The molecule has 2 unspecified atom stereocenters. The maximum Gasteiger partial charge on any atom is 0.253 e. The van der Waals surface area contributed by atoms with E-state index in [1.807, 2.05) is 6.92 Å². The number of anilines is 2. The Kier molecular flexibility index (Phi) is 8.96. The second-order valence-corrected chi connectivity index (χ2v) is 11.6. The molecule has 43 heavy (non-hydrogen) atoms. The molecule has 3 saturated heterocycles. The van der Waals surface area contributed by atoms with E-state index in [1.165, 1.54) is 4.90 Å². The fourth-order valence-corrected chi connectivity index (χ4v) is 7.08. The van der Waals surface area contributed by atoms with Crippen LogP contribution in [0.15, 0.2) is 73.8 Å². The molecule has 2 aromatic rings. The van der Waals surface area contributed by atoms with Gasteiger partial charge in [-0.3, -0.25) is 14.4 Å². The molecule has 10 heteroatoms. The third-order valence-corrected chi connectivity index (χ3v) is 9.00. The third kappa shape index (κ3) is 5.24. The van der Waals surface area contributed by atoms with Gasteiger partial charge in [0.15, 0.2) is 0 Å². The summed E-state index contributed by atoms with van der Waals surface area (Å²) in [5.74, 6) is -1.98. The van der Waals surface area contributed by atoms with Crippen molar-refractivity contribution in [3.63, 3.8) is 0 Å². The van der Waals surface area contributed by atoms with Crippen molar-refractivity contribution in [2.75, 3.05) is 36.1 Å². The smallest absolute Gasteiger partial charge is 0.253 e. The zero-order valence-corrected chi connectivity index (χ0v) is 25.3. The van der Waals surface area contributed by atoms with Crippen LogP contribution in [0.2, 0.25) is 5.02 Å². The lowest BCUT2D eigenvalue weighted by Crippen LogP contribution is -2.58. The highest BCUT2D eigenvalue weighted by Gasteiger charge is 2.75. The Morgan fingerprint density at radius 2 is 1.67 bits per heavy atom. The molecule has 1 N–H and O–H groups in total. The predicted octanol–water partition coefficient (Wildman–Crippen LogP) is 4.23. The van der Waals surface area contributed by atoms with E-state index in [0.29, 0.717) is 41.6 Å². The Labute approximate surface area is 257 Å². The summed E-state index contributed by atoms with van der Waals surface area (Å²) in [5.41, 5.74) is 0.0161. The summed E-state index contributed by atoms with van der Waals surface area (Å²) in [6.07, 6.45) is 3.69. The number of aliphatic hydroxyl groups excluding tert-OH is 1. The summed E-state index contributed by atoms with van der Waals surface area (Å²) in [6.45, 7) is 11.9. The average Bonchev–Trinajstić information content (AvgIpc) is 3.66. The monoisotopic (exact) mass is 607 g/mol. The van der Waals surface area contributed by atoms with Crippen LogP contribution >= 0.6 is 11.6 Å². The number of fused-ring (bicyclic) bond motifs is 1. The number of carbonyl (C=O) groups is 3. The number of amides is 3. The van der Waals surface area contributed by atoms with E-state index in [1.54, 1.807) is 77.4 Å². The van der Waals surface area contributed by atoms with Crippen LogP contribution < -0.4 is 14.5 Å². The third-order valence-electron chi connectivity index (χ3n) is 8.75. The van der Waals surface area contributed by atoms with Crippen LogP contribution in [0.25, 0.3) is 0 Å². The molecular formula is C33H38ClN3O6. The highest BCUT2D eigenvalue weighted by atomic mass is 35.5.